The number of hydrogen-bond acceptors (Lipinski definition) is 6. The Labute approximate surface area is 225 Å². The van der Waals surface area contributed by atoms with Gasteiger partial charge in [-0.05, 0) is 91.7 Å². The zero-order valence-electron chi connectivity index (χ0n) is 21.8. The molecule has 0 atom stereocenters. The van der Waals surface area contributed by atoms with Gasteiger partial charge in [-0.3, -0.25) is 9.59 Å². The second-order valence-electron chi connectivity index (χ2n) is 9.05. The van der Waals surface area contributed by atoms with E-state index in [1.54, 1.807) is 61.7 Å². The van der Waals surface area contributed by atoms with Crippen molar-refractivity contribution >= 4 is 22.6 Å². The summed E-state index contributed by atoms with van der Waals surface area (Å²) < 4.78 is 23.1. The summed E-state index contributed by atoms with van der Waals surface area (Å²) in [5.74, 6) is 1.81. The molecule has 5 aromatic rings. The lowest BCUT2D eigenvalue weighted by atomic mass is 10.1. The van der Waals surface area contributed by atoms with Crippen LogP contribution in [0.3, 0.4) is 0 Å². The van der Waals surface area contributed by atoms with Gasteiger partial charge in [-0.2, -0.15) is 0 Å². The Hall–Kier alpha value is -5.04. The predicted octanol–water partition coefficient (Wildman–Crippen LogP) is 6.90. The first-order valence-corrected chi connectivity index (χ1v) is 12.4. The summed E-state index contributed by atoms with van der Waals surface area (Å²) in [7, 11) is 1.58. The van der Waals surface area contributed by atoms with Crippen LogP contribution in [-0.2, 0) is 4.79 Å². The fourth-order valence-electron chi connectivity index (χ4n) is 4.26. The van der Waals surface area contributed by atoms with Crippen LogP contribution in [-0.4, -0.2) is 19.6 Å². The molecule has 4 aromatic carbocycles. The van der Waals surface area contributed by atoms with Crippen molar-refractivity contribution in [2.75, 3.05) is 19.0 Å². The lowest BCUT2D eigenvalue weighted by molar-refractivity contribution is -0.118. The summed E-state index contributed by atoms with van der Waals surface area (Å²) in [4.78, 5) is 26.3. The number of amides is 1. The molecule has 0 aliphatic carbocycles. The first-order valence-electron chi connectivity index (χ1n) is 12.4. The molecular weight excluding hydrogens is 494 g/mol. The van der Waals surface area contributed by atoms with Crippen molar-refractivity contribution in [1.29, 1.82) is 0 Å². The molecule has 0 saturated carbocycles. The summed E-state index contributed by atoms with van der Waals surface area (Å²) in [6.07, 6.45) is 0. The van der Waals surface area contributed by atoms with Crippen LogP contribution in [0.4, 0.5) is 5.69 Å². The number of benzene rings is 4. The third-order valence-electron chi connectivity index (χ3n) is 6.10. The average Bonchev–Trinajstić information content (AvgIpc) is 2.94. The number of aryl methyl sites for hydroxylation is 2. The molecule has 0 fully saturated rings. The van der Waals surface area contributed by atoms with Gasteiger partial charge in [-0.25, -0.2) is 0 Å². The number of ether oxygens (including phenoxy) is 3. The highest BCUT2D eigenvalue weighted by atomic mass is 16.5. The number of para-hydroxylation sites is 1. The Morgan fingerprint density at radius 3 is 2.21 bits per heavy atom. The average molecular weight is 522 g/mol. The SMILES string of the molecule is COc1ccc(-c2oc3c(C)cc(C)cc3c(=O)c2OCC(=O)Nc2ccc(Oc3ccccc3)cc2)cc1. The van der Waals surface area contributed by atoms with Gasteiger partial charge in [0.25, 0.3) is 5.91 Å². The molecule has 0 unspecified atom stereocenters. The molecule has 196 valence electrons. The Kier molecular flexibility index (Phi) is 7.32. The van der Waals surface area contributed by atoms with Gasteiger partial charge in [0, 0.05) is 11.3 Å². The second-order valence-corrected chi connectivity index (χ2v) is 9.05. The molecule has 5 rings (SSSR count). The number of rotatable bonds is 8. The predicted molar refractivity (Wildman–Crippen MR) is 151 cm³/mol. The molecule has 0 bridgehead atoms. The van der Waals surface area contributed by atoms with Crippen molar-refractivity contribution in [3.63, 3.8) is 0 Å². The highest BCUT2D eigenvalue weighted by Crippen LogP contribution is 2.33. The minimum absolute atomic E-state index is 0.0283. The van der Waals surface area contributed by atoms with E-state index in [9.17, 15) is 9.59 Å². The van der Waals surface area contributed by atoms with Crippen molar-refractivity contribution in [3.05, 3.63) is 112 Å². The highest BCUT2D eigenvalue weighted by molar-refractivity contribution is 5.92. The van der Waals surface area contributed by atoms with Gasteiger partial charge in [0.05, 0.1) is 12.5 Å². The summed E-state index contributed by atoms with van der Waals surface area (Å²) in [5.41, 5.74) is 3.08. The number of nitrogens with one attached hydrogen (secondary N) is 1. The summed E-state index contributed by atoms with van der Waals surface area (Å²) in [5, 5.41) is 3.18. The minimum atomic E-state index is -0.424. The Bertz CT molecular complexity index is 1670. The van der Waals surface area contributed by atoms with Gasteiger partial charge in [0.15, 0.2) is 12.4 Å². The molecule has 7 heteroatoms. The van der Waals surface area contributed by atoms with E-state index in [0.717, 1.165) is 16.9 Å². The van der Waals surface area contributed by atoms with Crippen molar-refractivity contribution in [3.8, 4) is 34.3 Å². The van der Waals surface area contributed by atoms with Crippen LogP contribution in [0.2, 0.25) is 0 Å². The van der Waals surface area contributed by atoms with E-state index in [0.29, 0.717) is 33.7 Å². The van der Waals surface area contributed by atoms with E-state index in [1.807, 2.05) is 50.2 Å². The molecule has 39 heavy (non-hydrogen) atoms. The van der Waals surface area contributed by atoms with Gasteiger partial charge < -0.3 is 23.9 Å². The first-order chi connectivity index (χ1) is 18.9. The van der Waals surface area contributed by atoms with Crippen LogP contribution in [0.5, 0.6) is 23.0 Å². The maximum atomic E-state index is 13.6. The van der Waals surface area contributed by atoms with Crippen molar-refractivity contribution in [2.24, 2.45) is 0 Å². The lowest BCUT2D eigenvalue weighted by Gasteiger charge is -2.14. The van der Waals surface area contributed by atoms with Gasteiger partial charge in [0.1, 0.15) is 22.8 Å². The largest absolute Gasteiger partial charge is 0.497 e. The second kappa shape index (κ2) is 11.1. The van der Waals surface area contributed by atoms with Gasteiger partial charge in [0.2, 0.25) is 11.2 Å². The van der Waals surface area contributed by atoms with E-state index in [4.69, 9.17) is 18.6 Å². The van der Waals surface area contributed by atoms with Crippen molar-refractivity contribution in [1.82, 2.24) is 0 Å². The number of methoxy groups -OCH3 is 1. The molecule has 1 aromatic heterocycles. The third-order valence-corrected chi connectivity index (χ3v) is 6.10. The third kappa shape index (κ3) is 5.78. The molecule has 0 saturated heterocycles. The van der Waals surface area contributed by atoms with E-state index in [2.05, 4.69) is 5.32 Å². The van der Waals surface area contributed by atoms with Crippen LogP contribution in [0.1, 0.15) is 11.1 Å². The van der Waals surface area contributed by atoms with Crippen LogP contribution < -0.4 is 25.0 Å². The standard InChI is InChI=1S/C32H27NO6/c1-20-17-21(2)30-27(18-20)29(35)32(31(39-30)22-9-13-24(36-3)14-10-22)37-19-28(34)33-23-11-15-26(16-12-23)38-25-7-5-4-6-8-25/h4-18H,19H2,1-3H3,(H,33,34). The van der Waals surface area contributed by atoms with E-state index >= 15 is 0 Å². The number of fused-ring (bicyclic) bond motifs is 1. The highest BCUT2D eigenvalue weighted by Gasteiger charge is 2.20. The molecule has 1 N–H and O–H groups in total. The normalized spacial score (nSPS) is 10.7. The minimum Gasteiger partial charge on any atom is -0.497 e. The van der Waals surface area contributed by atoms with E-state index in [-0.39, 0.29) is 23.5 Å². The quantitative estimate of drug-likeness (QED) is 0.239. The summed E-state index contributed by atoms with van der Waals surface area (Å²) >= 11 is 0. The maximum absolute atomic E-state index is 13.6. The van der Waals surface area contributed by atoms with Crippen LogP contribution in [0.25, 0.3) is 22.3 Å². The molecule has 0 spiro atoms. The molecule has 1 heterocycles. The molecule has 0 aliphatic heterocycles. The van der Waals surface area contributed by atoms with Gasteiger partial charge in [-0.1, -0.05) is 24.3 Å². The van der Waals surface area contributed by atoms with Crippen LogP contribution in [0.15, 0.2) is 100 Å². The topological polar surface area (TPSA) is 87.0 Å². The Balaban J connectivity index is 1.37. The van der Waals surface area contributed by atoms with Crippen molar-refractivity contribution in [2.45, 2.75) is 13.8 Å². The number of carbonyl (C=O) groups excluding carboxylic acids is 1. The fourth-order valence-corrected chi connectivity index (χ4v) is 4.26. The fraction of sp³-hybridized carbons (Fsp3) is 0.125. The Morgan fingerprint density at radius 1 is 0.846 bits per heavy atom. The number of anilines is 1. The maximum Gasteiger partial charge on any atom is 0.262 e. The Morgan fingerprint density at radius 2 is 1.51 bits per heavy atom. The molecule has 7 nitrogen and oxygen atoms in total. The smallest absolute Gasteiger partial charge is 0.262 e. The molecule has 0 radical (unpaired) electrons. The zero-order valence-corrected chi connectivity index (χ0v) is 21.8. The van der Waals surface area contributed by atoms with Gasteiger partial charge in [-0.15, -0.1) is 0 Å². The van der Waals surface area contributed by atoms with Crippen molar-refractivity contribution < 1.29 is 23.4 Å². The molecule has 0 aliphatic rings. The first kappa shape index (κ1) is 25.6. The number of hydrogen-bond donors (Lipinski definition) is 1. The summed E-state index contributed by atoms with van der Waals surface area (Å²) in [6, 6.07) is 27.2. The van der Waals surface area contributed by atoms with E-state index < -0.39 is 5.91 Å². The van der Waals surface area contributed by atoms with Crippen LogP contribution >= 0.6 is 0 Å². The zero-order chi connectivity index (χ0) is 27.4. The van der Waals surface area contributed by atoms with E-state index in [1.165, 1.54) is 0 Å². The van der Waals surface area contributed by atoms with Gasteiger partial charge >= 0.3 is 0 Å². The lowest BCUT2D eigenvalue weighted by Crippen LogP contribution is -2.22. The number of carbonyl (C=O) groups is 1. The monoisotopic (exact) mass is 521 g/mol. The molecular formula is C32H27NO6. The van der Waals surface area contributed by atoms with Crippen LogP contribution in [0, 0.1) is 13.8 Å². The molecule has 1 amide bonds. The summed E-state index contributed by atoms with van der Waals surface area (Å²) in [6.45, 7) is 3.42.